The highest BCUT2D eigenvalue weighted by Crippen LogP contribution is 2.24. The number of fused-ring (bicyclic) bond motifs is 2. The summed E-state index contributed by atoms with van der Waals surface area (Å²) >= 11 is 0. The van der Waals surface area contributed by atoms with Gasteiger partial charge >= 0.3 is 0 Å². The molecule has 0 fully saturated rings. The van der Waals surface area contributed by atoms with E-state index in [9.17, 15) is 28.8 Å². The summed E-state index contributed by atoms with van der Waals surface area (Å²) in [6.07, 6.45) is 3.38. The second kappa shape index (κ2) is 18.5. The summed E-state index contributed by atoms with van der Waals surface area (Å²) in [7, 11) is 0. The van der Waals surface area contributed by atoms with Crippen molar-refractivity contribution in [2.24, 2.45) is 5.92 Å². The highest BCUT2D eigenvalue weighted by atomic mass is 16.2. The summed E-state index contributed by atoms with van der Waals surface area (Å²) in [6, 6.07) is 14.0. The van der Waals surface area contributed by atoms with E-state index in [1.807, 2.05) is 75.4 Å². The van der Waals surface area contributed by atoms with Gasteiger partial charge in [0, 0.05) is 47.7 Å². The number of amides is 5. The minimum atomic E-state index is -1.03. The second-order valence-corrected chi connectivity index (χ2v) is 14.4. The Labute approximate surface area is 320 Å². The van der Waals surface area contributed by atoms with Gasteiger partial charge in [0.05, 0.1) is 12.6 Å². The molecule has 0 saturated heterocycles. The van der Waals surface area contributed by atoms with E-state index in [-0.39, 0.29) is 56.2 Å². The van der Waals surface area contributed by atoms with Crippen molar-refractivity contribution in [3.8, 4) is 11.4 Å². The zero-order chi connectivity index (χ0) is 39.6. The van der Waals surface area contributed by atoms with Gasteiger partial charge in [-0.2, -0.15) is 5.10 Å². The van der Waals surface area contributed by atoms with E-state index >= 15 is 0 Å². The van der Waals surface area contributed by atoms with Gasteiger partial charge in [0.15, 0.2) is 11.6 Å². The molecule has 0 unspecified atom stereocenters. The molecule has 0 spiro atoms. The number of ketones is 1. The second-order valence-electron chi connectivity index (χ2n) is 14.4. The highest BCUT2D eigenvalue weighted by molar-refractivity contribution is 6.08. The zero-order valence-electron chi connectivity index (χ0n) is 32.1. The molecule has 1 aliphatic heterocycles. The Hall–Kier alpha value is -5.86. The molecule has 0 saturated carbocycles. The lowest BCUT2D eigenvalue weighted by Crippen LogP contribution is -2.54. The molecule has 4 N–H and O–H groups in total. The van der Waals surface area contributed by atoms with Crippen molar-refractivity contribution < 1.29 is 28.8 Å². The van der Waals surface area contributed by atoms with E-state index in [1.54, 1.807) is 17.7 Å². The number of para-hydroxylation sites is 1. The number of Topliss-reactive ketones (excluding diaryl/α,β-unsaturated/α-hetero) is 1. The summed E-state index contributed by atoms with van der Waals surface area (Å²) in [5.41, 5.74) is 1.98. The van der Waals surface area contributed by atoms with Crippen molar-refractivity contribution in [1.82, 2.24) is 45.5 Å². The van der Waals surface area contributed by atoms with Gasteiger partial charge in [-0.1, -0.05) is 69.3 Å². The molecule has 15 heteroatoms. The molecule has 1 aliphatic rings. The molecule has 2 aromatic heterocycles. The summed E-state index contributed by atoms with van der Waals surface area (Å²) in [4.78, 5) is 86.6. The maximum absolute atomic E-state index is 13.9. The number of aromatic nitrogens is 4. The summed E-state index contributed by atoms with van der Waals surface area (Å²) in [5.74, 6) is -1.59. The van der Waals surface area contributed by atoms with Crippen LogP contribution >= 0.6 is 0 Å². The van der Waals surface area contributed by atoms with Crippen molar-refractivity contribution in [3.05, 3.63) is 72.2 Å². The number of nitrogens with one attached hydrogen (secondary N) is 4. The number of hydrogen-bond acceptors (Lipinski definition) is 8. The van der Waals surface area contributed by atoms with Crippen molar-refractivity contribution in [2.45, 2.75) is 91.5 Å². The zero-order valence-corrected chi connectivity index (χ0v) is 32.1. The van der Waals surface area contributed by atoms with Gasteiger partial charge in [-0.05, 0) is 45.1 Å². The molecule has 292 valence electrons. The number of carbonyl (C=O) groups excluding carboxylic acids is 6. The SMILES string of the molecule is CCCC(=O)c1cn(CC(=O)N2CCCNC(=O)Cn3nc(-c4ccccc4)nc3[C@H](C)NC(=O)[C@@H](CC(C)C)NC(=O)[C@@H](C)NC(=O)C2)c2ccccc12. The van der Waals surface area contributed by atoms with Crippen LogP contribution in [0.15, 0.2) is 60.8 Å². The Morgan fingerprint density at radius 1 is 0.873 bits per heavy atom. The van der Waals surface area contributed by atoms with Gasteiger partial charge in [-0.15, -0.1) is 0 Å². The first kappa shape index (κ1) is 40.3. The predicted octanol–water partition coefficient (Wildman–Crippen LogP) is 3.14. The molecule has 4 aromatic rings. The Balaban J connectivity index is 1.41. The lowest BCUT2D eigenvalue weighted by atomic mass is 10.0. The molecule has 0 aliphatic carbocycles. The van der Waals surface area contributed by atoms with Crippen LogP contribution in [-0.2, 0) is 37.1 Å². The molecule has 15 nitrogen and oxygen atoms in total. The molecule has 3 heterocycles. The van der Waals surface area contributed by atoms with Crippen LogP contribution in [-0.4, -0.2) is 91.3 Å². The van der Waals surface area contributed by atoms with Gasteiger partial charge in [-0.3, -0.25) is 28.8 Å². The van der Waals surface area contributed by atoms with Crippen molar-refractivity contribution in [3.63, 3.8) is 0 Å². The Bertz CT molecular complexity index is 2020. The van der Waals surface area contributed by atoms with Crippen LogP contribution < -0.4 is 21.3 Å². The molecule has 5 rings (SSSR count). The first-order valence-corrected chi connectivity index (χ1v) is 18.9. The number of rotatable bonds is 8. The molecule has 2 aromatic carbocycles. The first-order chi connectivity index (χ1) is 26.3. The summed E-state index contributed by atoms with van der Waals surface area (Å²) in [6.45, 7) is 8.64. The predicted molar refractivity (Wildman–Crippen MR) is 206 cm³/mol. The van der Waals surface area contributed by atoms with Crippen molar-refractivity contribution >= 4 is 46.2 Å². The summed E-state index contributed by atoms with van der Waals surface area (Å²) in [5, 5.41) is 16.6. The van der Waals surface area contributed by atoms with Crippen LogP contribution in [0.4, 0.5) is 0 Å². The normalized spacial score (nSPS) is 19.4. The van der Waals surface area contributed by atoms with E-state index in [1.165, 1.54) is 16.5 Å². The number of hydrogen-bond donors (Lipinski definition) is 4. The van der Waals surface area contributed by atoms with Crippen molar-refractivity contribution in [2.75, 3.05) is 19.6 Å². The van der Waals surface area contributed by atoms with Crippen molar-refractivity contribution in [1.29, 1.82) is 0 Å². The van der Waals surface area contributed by atoms with Crippen LogP contribution in [0.3, 0.4) is 0 Å². The lowest BCUT2D eigenvalue weighted by Gasteiger charge is -2.25. The molecule has 5 amide bonds. The number of nitrogens with zero attached hydrogens (tertiary/aromatic N) is 5. The molecule has 55 heavy (non-hydrogen) atoms. The van der Waals surface area contributed by atoms with E-state index in [2.05, 4.69) is 26.4 Å². The third-order valence-corrected chi connectivity index (χ3v) is 9.37. The van der Waals surface area contributed by atoms with E-state index in [0.29, 0.717) is 48.4 Å². The highest BCUT2D eigenvalue weighted by Gasteiger charge is 2.29. The molecular formula is C40H51N9O6. The van der Waals surface area contributed by atoms with Crippen LogP contribution in [0.2, 0.25) is 0 Å². The van der Waals surface area contributed by atoms with Gasteiger partial charge in [0.1, 0.15) is 31.0 Å². The quantitative estimate of drug-likeness (QED) is 0.198. The third-order valence-electron chi connectivity index (χ3n) is 9.37. The monoisotopic (exact) mass is 753 g/mol. The third kappa shape index (κ3) is 10.4. The molecule has 0 radical (unpaired) electrons. The number of carbonyl (C=O) groups is 6. The minimum Gasteiger partial charge on any atom is -0.354 e. The fourth-order valence-electron chi connectivity index (χ4n) is 6.59. The summed E-state index contributed by atoms with van der Waals surface area (Å²) < 4.78 is 3.17. The van der Waals surface area contributed by atoms with Gasteiger partial charge in [-0.25, -0.2) is 9.67 Å². The topological polar surface area (TPSA) is 189 Å². The molecular weight excluding hydrogens is 702 g/mol. The van der Waals surface area contributed by atoms with Gasteiger partial charge in [0.2, 0.25) is 29.5 Å². The van der Waals surface area contributed by atoms with E-state index in [0.717, 1.165) is 10.9 Å². The molecule has 3 atom stereocenters. The first-order valence-electron chi connectivity index (χ1n) is 18.9. The standard InChI is InChI=1S/C40H51N9O6/c1-6-13-33(50)30-21-48(32-17-11-10-16-29(30)32)24-36(53)47-19-12-18-41-34(51)23-49-38(45-37(46-49)28-14-8-7-9-15-28)26(4)43-40(55)31(20-25(2)3)44-39(54)27(5)42-35(52)22-47/h7-11,14-17,21,25-27,31H,6,12-13,18-20,22-24H2,1-5H3,(H,41,51)(H,42,52)(H,43,55)(H,44,54)/t26-,27+,31+/m0/s1. The minimum absolute atomic E-state index is 0.0172. The average Bonchev–Trinajstić information content (AvgIpc) is 3.74. The number of benzene rings is 2. The lowest BCUT2D eigenvalue weighted by molar-refractivity contribution is -0.137. The van der Waals surface area contributed by atoms with Gasteiger partial charge in [0.25, 0.3) is 0 Å². The fraction of sp³-hybridized carbons (Fsp3) is 0.450. The smallest absolute Gasteiger partial charge is 0.243 e. The maximum Gasteiger partial charge on any atom is 0.243 e. The Morgan fingerprint density at radius 2 is 1.60 bits per heavy atom. The Kier molecular flexibility index (Phi) is 13.5. The van der Waals surface area contributed by atoms with E-state index in [4.69, 9.17) is 4.98 Å². The maximum atomic E-state index is 13.9. The average molecular weight is 754 g/mol. The Morgan fingerprint density at radius 3 is 2.33 bits per heavy atom. The van der Waals surface area contributed by atoms with Crippen LogP contribution in [0.5, 0.6) is 0 Å². The van der Waals surface area contributed by atoms with Gasteiger partial charge < -0.3 is 30.7 Å². The van der Waals surface area contributed by atoms with Crippen LogP contribution in [0.25, 0.3) is 22.3 Å². The largest absolute Gasteiger partial charge is 0.354 e. The molecule has 0 bridgehead atoms. The fourth-order valence-corrected chi connectivity index (χ4v) is 6.59. The van der Waals surface area contributed by atoms with E-state index < -0.39 is 35.8 Å². The van der Waals surface area contributed by atoms with Crippen LogP contribution in [0.1, 0.15) is 82.5 Å². The van der Waals surface area contributed by atoms with Crippen LogP contribution in [0, 0.1) is 5.92 Å².